The molecule has 2 aromatic rings. The van der Waals surface area contributed by atoms with Crippen LogP contribution in [-0.4, -0.2) is 11.6 Å². The van der Waals surface area contributed by atoms with Crippen molar-refractivity contribution in [3.63, 3.8) is 0 Å². The Bertz CT molecular complexity index is 563. The molecule has 0 radical (unpaired) electrons. The number of rotatable bonds is 0. The number of para-hydroxylation sites is 1. The van der Waals surface area contributed by atoms with Gasteiger partial charge in [-0.2, -0.15) is 0 Å². The Morgan fingerprint density at radius 3 is 2.71 bits per heavy atom. The summed E-state index contributed by atoms with van der Waals surface area (Å²) in [6.45, 7) is 0. The maximum absolute atomic E-state index is 11.5. The van der Waals surface area contributed by atoms with E-state index in [0.717, 1.165) is 5.39 Å². The largest absolute Gasteiger partial charge is 0.452 e. The number of Topliss-reactive ketones (excluding diaryl/α,β-unsaturated/α-hetero) is 2. The molecule has 0 N–H and O–H groups in total. The van der Waals surface area contributed by atoms with E-state index in [9.17, 15) is 9.59 Å². The number of benzene rings is 1. The van der Waals surface area contributed by atoms with Crippen molar-refractivity contribution >= 4 is 22.5 Å². The third-order valence-corrected chi connectivity index (χ3v) is 2.45. The zero-order valence-electron chi connectivity index (χ0n) is 7.24. The smallest absolute Gasteiger partial charge is 0.206 e. The van der Waals surface area contributed by atoms with E-state index in [1.807, 2.05) is 12.1 Å². The summed E-state index contributed by atoms with van der Waals surface area (Å²) in [5.41, 5.74) is 1.07. The first-order chi connectivity index (χ1) is 6.77. The van der Waals surface area contributed by atoms with Crippen LogP contribution in [0.3, 0.4) is 0 Å². The number of hydrogen-bond donors (Lipinski definition) is 0. The second-order valence-electron chi connectivity index (χ2n) is 3.33. The highest BCUT2D eigenvalue weighted by atomic mass is 16.3. The lowest BCUT2D eigenvalue weighted by molar-refractivity contribution is 0.0913. The maximum atomic E-state index is 11.5. The highest BCUT2D eigenvalue weighted by Gasteiger charge is 2.33. The molecule has 0 bridgehead atoms. The third-order valence-electron chi connectivity index (χ3n) is 2.45. The van der Waals surface area contributed by atoms with Gasteiger partial charge in [-0.25, -0.2) is 0 Å². The molecule has 1 aromatic carbocycles. The van der Waals surface area contributed by atoms with Crippen LogP contribution in [0.15, 0.2) is 28.7 Å². The molecule has 0 spiro atoms. The maximum Gasteiger partial charge on any atom is 0.206 e. The molecule has 0 unspecified atom stereocenters. The van der Waals surface area contributed by atoms with E-state index < -0.39 is 0 Å². The number of furan rings is 1. The van der Waals surface area contributed by atoms with Crippen molar-refractivity contribution in [2.45, 2.75) is 6.42 Å². The minimum atomic E-state index is -0.207. The predicted octanol–water partition coefficient (Wildman–Crippen LogP) is 2.20. The number of carbonyl (C=O) groups is 2. The summed E-state index contributed by atoms with van der Waals surface area (Å²) in [5.74, 6) is -0.104. The summed E-state index contributed by atoms with van der Waals surface area (Å²) in [7, 11) is 0. The Labute approximate surface area is 79.3 Å². The molecular formula is C11H6O3. The Morgan fingerprint density at radius 1 is 1.07 bits per heavy atom. The second kappa shape index (κ2) is 2.32. The molecule has 0 atom stereocenters. The fourth-order valence-electron chi connectivity index (χ4n) is 1.83. The second-order valence-corrected chi connectivity index (χ2v) is 3.33. The summed E-state index contributed by atoms with van der Waals surface area (Å²) >= 11 is 0. The summed E-state index contributed by atoms with van der Waals surface area (Å²) in [5, 5.41) is 0.748. The fraction of sp³-hybridized carbons (Fsp3) is 0.0909. The van der Waals surface area contributed by atoms with Crippen LogP contribution in [0, 0.1) is 0 Å². The van der Waals surface area contributed by atoms with Crippen LogP contribution < -0.4 is 0 Å². The summed E-state index contributed by atoms with van der Waals surface area (Å²) < 4.78 is 5.32. The molecule has 1 aliphatic carbocycles. The zero-order valence-corrected chi connectivity index (χ0v) is 7.24. The van der Waals surface area contributed by atoms with Crippen LogP contribution in [0.2, 0.25) is 0 Å². The van der Waals surface area contributed by atoms with Gasteiger partial charge in [0.2, 0.25) is 5.78 Å². The molecule has 3 nitrogen and oxygen atoms in total. The van der Waals surface area contributed by atoms with E-state index in [1.54, 1.807) is 12.1 Å². The molecule has 0 amide bonds. The van der Waals surface area contributed by atoms with Crippen molar-refractivity contribution in [1.29, 1.82) is 0 Å². The molecule has 0 aliphatic heterocycles. The van der Waals surface area contributed by atoms with E-state index in [0.29, 0.717) is 11.1 Å². The molecule has 0 saturated carbocycles. The summed E-state index contributed by atoms with van der Waals surface area (Å²) in [4.78, 5) is 22.8. The number of hydrogen-bond acceptors (Lipinski definition) is 3. The number of ketones is 2. The highest BCUT2D eigenvalue weighted by molar-refractivity contribution is 6.27. The van der Waals surface area contributed by atoms with Crippen molar-refractivity contribution in [3.8, 4) is 0 Å². The van der Waals surface area contributed by atoms with Gasteiger partial charge < -0.3 is 4.42 Å². The van der Waals surface area contributed by atoms with E-state index in [-0.39, 0.29) is 23.7 Å². The molecule has 1 aliphatic rings. The SMILES string of the molecule is O=C1CC(=O)c2c1oc1ccccc21. The first-order valence-corrected chi connectivity index (χ1v) is 4.35. The normalized spacial score (nSPS) is 15.1. The molecule has 0 fully saturated rings. The van der Waals surface area contributed by atoms with Crippen LogP contribution in [0.1, 0.15) is 27.3 Å². The van der Waals surface area contributed by atoms with Crippen LogP contribution in [0.4, 0.5) is 0 Å². The zero-order chi connectivity index (χ0) is 9.71. The van der Waals surface area contributed by atoms with Crippen LogP contribution in [-0.2, 0) is 0 Å². The lowest BCUT2D eigenvalue weighted by Gasteiger charge is -1.88. The van der Waals surface area contributed by atoms with Gasteiger partial charge in [0.1, 0.15) is 5.58 Å². The van der Waals surface area contributed by atoms with E-state index in [2.05, 4.69) is 0 Å². The average molecular weight is 186 g/mol. The first-order valence-electron chi connectivity index (χ1n) is 4.35. The van der Waals surface area contributed by atoms with Crippen LogP contribution in [0.5, 0.6) is 0 Å². The summed E-state index contributed by atoms with van der Waals surface area (Å²) in [6.07, 6.45) is -0.0427. The van der Waals surface area contributed by atoms with Crippen molar-refractivity contribution < 1.29 is 14.0 Å². The molecule has 1 aromatic heterocycles. The Hall–Kier alpha value is -1.90. The van der Waals surface area contributed by atoms with Crippen molar-refractivity contribution in [2.75, 3.05) is 0 Å². The van der Waals surface area contributed by atoms with Gasteiger partial charge in [-0.3, -0.25) is 9.59 Å². The van der Waals surface area contributed by atoms with Gasteiger partial charge in [-0.05, 0) is 6.07 Å². The predicted molar refractivity (Wildman–Crippen MR) is 49.5 cm³/mol. The van der Waals surface area contributed by atoms with Crippen LogP contribution in [0.25, 0.3) is 11.0 Å². The van der Waals surface area contributed by atoms with Gasteiger partial charge in [0.05, 0.1) is 12.0 Å². The Kier molecular flexibility index (Phi) is 1.24. The van der Waals surface area contributed by atoms with Gasteiger partial charge in [-0.1, -0.05) is 18.2 Å². The van der Waals surface area contributed by atoms with Crippen LogP contribution >= 0.6 is 0 Å². The molecule has 1 heterocycles. The Morgan fingerprint density at radius 2 is 1.86 bits per heavy atom. The lowest BCUT2D eigenvalue weighted by atomic mass is 10.1. The molecule has 3 rings (SSSR count). The molecule has 3 heteroatoms. The third kappa shape index (κ3) is 0.763. The molecular weight excluding hydrogens is 180 g/mol. The minimum Gasteiger partial charge on any atom is -0.452 e. The Balaban J connectivity index is 2.49. The standard InChI is InChI=1S/C11H6O3/c12-7-5-8(13)11-10(7)6-3-1-2-4-9(6)14-11/h1-4H,5H2. The summed E-state index contributed by atoms with van der Waals surface area (Å²) in [6, 6.07) is 7.20. The molecule has 0 saturated heterocycles. The number of fused-ring (bicyclic) bond motifs is 3. The van der Waals surface area contributed by atoms with E-state index in [4.69, 9.17) is 4.42 Å². The quantitative estimate of drug-likeness (QED) is 0.592. The van der Waals surface area contributed by atoms with E-state index >= 15 is 0 Å². The minimum absolute atomic E-state index is 0.0427. The van der Waals surface area contributed by atoms with Crippen molar-refractivity contribution in [2.24, 2.45) is 0 Å². The monoisotopic (exact) mass is 186 g/mol. The molecule has 68 valence electrons. The number of carbonyl (C=O) groups excluding carboxylic acids is 2. The fourth-order valence-corrected chi connectivity index (χ4v) is 1.83. The lowest BCUT2D eigenvalue weighted by Crippen LogP contribution is -1.92. The van der Waals surface area contributed by atoms with Gasteiger partial charge >= 0.3 is 0 Å². The van der Waals surface area contributed by atoms with Gasteiger partial charge in [0.15, 0.2) is 11.5 Å². The average Bonchev–Trinajstić information content (AvgIpc) is 2.66. The highest BCUT2D eigenvalue weighted by Crippen LogP contribution is 2.32. The van der Waals surface area contributed by atoms with Crippen molar-refractivity contribution in [3.05, 3.63) is 35.6 Å². The van der Waals surface area contributed by atoms with Crippen molar-refractivity contribution in [1.82, 2.24) is 0 Å². The van der Waals surface area contributed by atoms with Gasteiger partial charge in [0.25, 0.3) is 0 Å². The molecule has 14 heavy (non-hydrogen) atoms. The van der Waals surface area contributed by atoms with E-state index in [1.165, 1.54) is 0 Å². The van der Waals surface area contributed by atoms with Gasteiger partial charge in [0, 0.05) is 5.39 Å². The topological polar surface area (TPSA) is 47.3 Å². The van der Waals surface area contributed by atoms with Gasteiger partial charge in [-0.15, -0.1) is 0 Å². The first kappa shape index (κ1) is 7.50.